The molecule has 0 spiro atoms. The van der Waals surface area contributed by atoms with Gasteiger partial charge in [-0.3, -0.25) is 4.98 Å². The number of nitrogens with zero attached hydrogens (tertiary/aromatic N) is 1. The number of alkyl halides is 1. The van der Waals surface area contributed by atoms with Crippen LogP contribution in [0.25, 0.3) is 5.57 Å². The number of pyridine rings is 1. The van der Waals surface area contributed by atoms with Gasteiger partial charge in [0.05, 0.1) is 0 Å². The Bertz CT molecular complexity index is 478. The molecule has 0 amide bonds. The van der Waals surface area contributed by atoms with Gasteiger partial charge in [0, 0.05) is 18.0 Å². The number of allylic oxidation sites excluding steroid dienone is 1. The number of benzene rings is 1. The third kappa shape index (κ3) is 4.75. The van der Waals surface area contributed by atoms with Crippen LogP contribution in [0.15, 0.2) is 60.9 Å². The number of halogens is 1. The van der Waals surface area contributed by atoms with Crippen molar-refractivity contribution in [3.63, 3.8) is 0 Å². The molecule has 2 rings (SSSR count). The standard InChI is InChI=1S/C18H20IN/c19-13-7-2-1-6-12-18(16-9-4-3-5-10-16)17-11-8-14-20-15-17/h3-5,8-12,14-15H,1-2,6-7,13H2/b18-12+. The van der Waals surface area contributed by atoms with Crippen molar-refractivity contribution in [3.8, 4) is 0 Å². The zero-order valence-corrected chi connectivity index (χ0v) is 13.8. The lowest BCUT2D eigenvalue weighted by atomic mass is 9.97. The van der Waals surface area contributed by atoms with Gasteiger partial charge in [-0.2, -0.15) is 0 Å². The molecule has 1 aromatic carbocycles. The van der Waals surface area contributed by atoms with Gasteiger partial charge in [-0.25, -0.2) is 0 Å². The van der Waals surface area contributed by atoms with Crippen molar-refractivity contribution < 1.29 is 0 Å². The first kappa shape index (κ1) is 15.2. The molecule has 0 fully saturated rings. The minimum Gasteiger partial charge on any atom is -0.264 e. The van der Waals surface area contributed by atoms with Crippen molar-refractivity contribution in [2.45, 2.75) is 25.7 Å². The summed E-state index contributed by atoms with van der Waals surface area (Å²) in [7, 11) is 0. The van der Waals surface area contributed by atoms with Crippen LogP contribution < -0.4 is 0 Å². The van der Waals surface area contributed by atoms with E-state index < -0.39 is 0 Å². The predicted octanol–water partition coefficient (Wildman–Crippen LogP) is 5.51. The van der Waals surface area contributed by atoms with Gasteiger partial charge in [0.2, 0.25) is 0 Å². The number of unbranched alkanes of at least 4 members (excludes halogenated alkanes) is 3. The lowest BCUT2D eigenvalue weighted by molar-refractivity contribution is 0.740. The summed E-state index contributed by atoms with van der Waals surface area (Å²) in [6.07, 6.45) is 11.2. The lowest BCUT2D eigenvalue weighted by Gasteiger charge is -2.08. The van der Waals surface area contributed by atoms with Gasteiger partial charge in [-0.15, -0.1) is 0 Å². The third-order valence-corrected chi connectivity index (χ3v) is 4.01. The molecule has 0 aliphatic rings. The summed E-state index contributed by atoms with van der Waals surface area (Å²) in [5, 5.41) is 0. The number of aromatic nitrogens is 1. The van der Waals surface area contributed by atoms with E-state index in [-0.39, 0.29) is 0 Å². The molecular formula is C18H20IN. The van der Waals surface area contributed by atoms with E-state index in [1.807, 2.05) is 18.5 Å². The average molecular weight is 377 g/mol. The Balaban J connectivity index is 2.15. The summed E-state index contributed by atoms with van der Waals surface area (Å²) in [4.78, 5) is 4.25. The quantitative estimate of drug-likeness (QED) is 0.352. The summed E-state index contributed by atoms with van der Waals surface area (Å²) in [6, 6.07) is 14.7. The van der Waals surface area contributed by atoms with Crippen molar-refractivity contribution in [2.24, 2.45) is 0 Å². The topological polar surface area (TPSA) is 12.9 Å². The molecule has 2 heteroatoms. The van der Waals surface area contributed by atoms with E-state index in [2.05, 4.69) is 70.0 Å². The molecule has 0 radical (unpaired) electrons. The minimum atomic E-state index is 1.13. The minimum absolute atomic E-state index is 1.13. The van der Waals surface area contributed by atoms with Crippen molar-refractivity contribution in [1.29, 1.82) is 0 Å². The summed E-state index contributed by atoms with van der Waals surface area (Å²) in [6.45, 7) is 0. The van der Waals surface area contributed by atoms with Crippen LogP contribution in [0.1, 0.15) is 36.8 Å². The Hall–Kier alpha value is -1.16. The van der Waals surface area contributed by atoms with E-state index >= 15 is 0 Å². The molecule has 104 valence electrons. The zero-order valence-electron chi connectivity index (χ0n) is 11.6. The number of hydrogen-bond acceptors (Lipinski definition) is 1. The van der Waals surface area contributed by atoms with Crippen molar-refractivity contribution in [1.82, 2.24) is 4.98 Å². The fraction of sp³-hybridized carbons (Fsp3) is 0.278. The van der Waals surface area contributed by atoms with E-state index in [4.69, 9.17) is 0 Å². The SMILES string of the molecule is ICCCCC/C=C(\c1ccccc1)c1cccnc1. The zero-order chi connectivity index (χ0) is 14.0. The molecule has 1 aromatic heterocycles. The first-order chi connectivity index (χ1) is 9.92. The van der Waals surface area contributed by atoms with E-state index in [0.717, 1.165) is 6.42 Å². The molecule has 0 saturated heterocycles. The largest absolute Gasteiger partial charge is 0.264 e. The molecule has 0 aliphatic carbocycles. The second-order valence-electron chi connectivity index (χ2n) is 4.76. The molecule has 2 aromatic rings. The highest BCUT2D eigenvalue weighted by atomic mass is 127. The van der Waals surface area contributed by atoms with Crippen LogP contribution in [-0.2, 0) is 0 Å². The highest BCUT2D eigenvalue weighted by Gasteiger charge is 2.03. The first-order valence-electron chi connectivity index (χ1n) is 7.14. The lowest BCUT2D eigenvalue weighted by Crippen LogP contribution is -1.89. The molecule has 0 unspecified atom stereocenters. The van der Waals surface area contributed by atoms with Gasteiger partial charge in [0.25, 0.3) is 0 Å². The van der Waals surface area contributed by atoms with Crippen LogP contribution in [0.2, 0.25) is 0 Å². The Labute approximate surface area is 135 Å². The average Bonchev–Trinajstić information content (AvgIpc) is 2.53. The Morgan fingerprint density at radius 1 is 0.950 bits per heavy atom. The number of hydrogen-bond donors (Lipinski definition) is 0. The second-order valence-corrected chi connectivity index (χ2v) is 5.84. The highest BCUT2D eigenvalue weighted by molar-refractivity contribution is 14.1. The van der Waals surface area contributed by atoms with Crippen LogP contribution in [0, 0.1) is 0 Å². The van der Waals surface area contributed by atoms with Crippen molar-refractivity contribution in [3.05, 3.63) is 72.1 Å². The molecule has 0 aliphatic heterocycles. The van der Waals surface area contributed by atoms with Crippen molar-refractivity contribution >= 4 is 28.2 Å². The van der Waals surface area contributed by atoms with E-state index in [9.17, 15) is 0 Å². The molecule has 0 atom stereocenters. The van der Waals surface area contributed by atoms with Gasteiger partial charge < -0.3 is 0 Å². The Morgan fingerprint density at radius 3 is 2.45 bits per heavy atom. The molecule has 1 nitrogen and oxygen atoms in total. The fourth-order valence-electron chi connectivity index (χ4n) is 2.20. The predicted molar refractivity (Wildman–Crippen MR) is 95.1 cm³/mol. The van der Waals surface area contributed by atoms with Gasteiger partial charge in [0.15, 0.2) is 0 Å². The molecule has 1 heterocycles. The summed E-state index contributed by atoms with van der Waals surface area (Å²) < 4.78 is 1.26. The summed E-state index contributed by atoms with van der Waals surface area (Å²) >= 11 is 2.45. The molecule has 20 heavy (non-hydrogen) atoms. The monoisotopic (exact) mass is 377 g/mol. The maximum atomic E-state index is 4.25. The van der Waals surface area contributed by atoms with Gasteiger partial charge in [-0.05, 0) is 40.9 Å². The van der Waals surface area contributed by atoms with Crippen LogP contribution in [0.4, 0.5) is 0 Å². The van der Waals surface area contributed by atoms with Gasteiger partial charge in [-0.1, -0.05) is 71.5 Å². The first-order valence-corrected chi connectivity index (χ1v) is 8.66. The van der Waals surface area contributed by atoms with E-state index in [1.54, 1.807) is 0 Å². The highest BCUT2D eigenvalue weighted by Crippen LogP contribution is 2.23. The molecule has 0 saturated carbocycles. The number of rotatable bonds is 7. The molecule has 0 N–H and O–H groups in total. The fourth-order valence-corrected chi connectivity index (χ4v) is 2.74. The Kier molecular flexibility index (Phi) is 6.78. The molecular weight excluding hydrogens is 357 g/mol. The summed E-state index contributed by atoms with van der Waals surface area (Å²) in [5.41, 5.74) is 3.77. The van der Waals surface area contributed by atoms with Crippen LogP contribution in [-0.4, -0.2) is 9.41 Å². The Morgan fingerprint density at radius 2 is 1.75 bits per heavy atom. The smallest absolute Gasteiger partial charge is 0.0346 e. The van der Waals surface area contributed by atoms with Crippen LogP contribution in [0.5, 0.6) is 0 Å². The van der Waals surface area contributed by atoms with E-state index in [0.29, 0.717) is 0 Å². The maximum absolute atomic E-state index is 4.25. The normalized spacial score (nSPS) is 11.6. The summed E-state index contributed by atoms with van der Waals surface area (Å²) in [5.74, 6) is 0. The van der Waals surface area contributed by atoms with Gasteiger partial charge in [0.1, 0.15) is 0 Å². The van der Waals surface area contributed by atoms with Crippen LogP contribution in [0.3, 0.4) is 0 Å². The van der Waals surface area contributed by atoms with E-state index in [1.165, 1.54) is 40.4 Å². The molecule has 0 bridgehead atoms. The maximum Gasteiger partial charge on any atom is 0.0346 e. The van der Waals surface area contributed by atoms with Crippen molar-refractivity contribution in [2.75, 3.05) is 4.43 Å². The second kappa shape index (κ2) is 8.90. The third-order valence-electron chi connectivity index (χ3n) is 3.24. The van der Waals surface area contributed by atoms with Crippen LogP contribution >= 0.6 is 22.6 Å². The van der Waals surface area contributed by atoms with Gasteiger partial charge >= 0.3 is 0 Å².